The summed E-state index contributed by atoms with van der Waals surface area (Å²) < 4.78 is 12.7. The molecule has 4 heteroatoms. The molecule has 7 rings (SSSR count). The largest absolute Gasteiger partial charge is 0.454 e. The summed E-state index contributed by atoms with van der Waals surface area (Å²) in [4.78, 5) is 5.01. The molecular formula is C30H16N2O2. The van der Waals surface area contributed by atoms with Crippen molar-refractivity contribution in [2.24, 2.45) is 0 Å². The molecule has 0 spiro atoms. The smallest absolute Gasteiger partial charge is 0.165 e. The summed E-state index contributed by atoms with van der Waals surface area (Å²) in [5, 5.41) is 11.2. The fourth-order valence-electron chi connectivity index (χ4n) is 4.70. The number of furan rings is 2. The fourth-order valence-corrected chi connectivity index (χ4v) is 4.70. The van der Waals surface area contributed by atoms with E-state index in [9.17, 15) is 5.26 Å². The molecule has 34 heavy (non-hydrogen) atoms. The quantitative estimate of drug-likeness (QED) is 0.275. The zero-order chi connectivity index (χ0) is 22.6. The van der Waals surface area contributed by atoms with Crippen molar-refractivity contribution in [2.75, 3.05) is 0 Å². The van der Waals surface area contributed by atoms with E-state index in [1.165, 1.54) is 0 Å². The third kappa shape index (κ3) is 2.68. The van der Waals surface area contributed by atoms with Crippen molar-refractivity contribution in [3.05, 3.63) is 103 Å². The molecule has 0 amide bonds. The minimum absolute atomic E-state index is 0.642. The molecule has 0 unspecified atom stereocenters. The van der Waals surface area contributed by atoms with Gasteiger partial charge < -0.3 is 8.83 Å². The summed E-state index contributed by atoms with van der Waals surface area (Å²) in [6.45, 7) is 0. The summed E-state index contributed by atoms with van der Waals surface area (Å²) in [7, 11) is 0. The molecule has 4 aromatic carbocycles. The SMILES string of the molecule is N#Cc1cccc(-c2ccc(-c3c4oc5ccccc5c4nc4c3oc3ccccc34)cc2)c1. The Morgan fingerprint density at radius 2 is 1.18 bits per heavy atom. The van der Waals surface area contributed by atoms with Gasteiger partial charge in [0, 0.05) is 10.8 Å². The molecule has 7 aromatic rings. The minimum Gasteiger partial charge on any atom is -0.454 e. The highest BCUT2D eigenvalue weighted by Gasteiger charge is 2.22. The number of hydrogen-bond donors (Lipinski definition) is 0. The molecule has 3 heterocycles. The lowest BCUT2D eigenvalue weighted by atomic mass is 9.98. The van der Waals surface area contributed by atoms with E-state index < -0.39 is 0 Å². The Kier molecular flexibility index (Phi) is 3.88. The molecule has 0 aliphatic rings. The van der Waals surface area contributed by atoms with Crippen LogP contribution in [0.3, 0.4) is 0 Å². The summed E-state index contributed by atoms with van der Waals surface area (Å²) >= 11 is 0. The second-order valence-electron chi connectivity index (χ2n) is 8.31. The van der Waals surface area contributed by atoms with Crippen molar-refractivity contribution in [3.8, 4) is 28.3 Å². The predicted molar refractivity (Wildman–Crippen MR) is 134 cm³/mol. The monoisotopic (exact) mass is 436 g/mol. The Balaban J connectivity index is 1.53. The third-order valence-corrected chi connectivity index (χ3v) is 6.31. The van der Waals surface area contributed by atoms with Gasteiger partial charge in [0.1, 0.15) is 22.2 Å². The summed E-state index contributed by atoms with van der Waals surface area (Å²) in [6.07, 6.45) is 0. The van der Waals surface area contributed by atoms with Crippen LogP contribution in [-0.4, -0.2) is 4.98 Å². The van der Waals surface area contributed by atoms with E-state index in [0.717, 1.165) is 55.2 Å². The standard InChI is InChI=1S/C30H16N2O2/c31-17-18-6-5-7-21(16-18)19-12-14-20(15-13-19)26-29-27(22-8-1-3-10-24(22)33-29)32-28-23-9-2-4-11-25(23)34-30(26)28/h1-16H. The van der Waals surface area contributed by atoms with E-state index in [2.05, 4.69) is 30.3 Å². The first kappa shape index (κ1) is 18.7. The molecule has 0 aliphatic carbocycles. The van der Waals surface area contributed by atoms with E-state index in [-0.39, 0.29) is 0 Å². The number of hydrogen-bond acceptors (Lipinski definition) is 4. The Morgan fingerprint density at radius 3 is 1.79 bits per heavy atom. The average Bonchev–Trinajstić information content (AvgIpc) is 3.45. The average molecular weight is 436 g/mol. The predicted octanol–water partition coefficient (Wildman–Crippen LogP) is 8.09. The molecule has 0 saturated heterocycles. The van der Waals surface area contributed by atoms with Gasteiger partial charge in [-0.05, 0) is 53.1 Å². The van der Waals surface area contributed by atoms with Crippen LogP contribution in [0.4, 0.5) is 0 Å². The van der Waals surface area contributed by atoms with Crippen molar-refractivity contribution < 1.29 is 8.83 Å². The van der Waals surface area contributed by atoms with E-state index in [1.54, 1.807) is 0 Å². The van der Waals surface area contributed by atoms with E-state index in [1.807, 2.05) is 72.8 Å². The number of nitrogens with zero attached hydrogens (tertiary/aromatic N) is 2. The summed E-state index contributed by atoms with van der Waals surface area (Å²) in [6, 6.07) is 34.0. The first-order valence-corrected chi connectivity index (χ1v) is 11.0. The Hall–Kier alpha value is -4.88. The van der Waals surface area contributed by atoms with E-state index in [0.29, 0.717) is 16.7 Å². The van der Waals surface area contributed by atoms with Crippen LogP contribution in [0.25, 0.3) is 66.4 Å². The van der Waals surface area contributed by atoms with Gasteiger partial charge in [-0.2, -0.15) is 5.26 Å². The van der Waals surface area contributed by atoms with Crippen LogP contribution in [0.5, 0.6) is 0 Å². The van der Waals surface area contributed by atoms with Crippen LogP contribution in [0.15, 0.2) is 106 Å². The number of rotatable bonds is 2. The molecular weight excluding hydrogens is 420 g/mol. The number of nitriles is 1. The molecule has 0 bridgehead atoms. The minimum atomic E-state index is 0.642. The lowest BCUT2D eigenvalue weighted by molar-refractivity contribution is 0.657. The molecule has 0 radical (unpaired) electrons. The normalized spacial score (nSPS) is 11.5. The fraction of sp³-hybridized carbons (Fsp3) is 0. The zero-order valence-electron chi connectivity index (χ0n) is 17.9. The lowest BCUT2D eigenvalue weighted by Crippen LogP contribution is -1.86. The molecule has 4 nitrogen and oxygen atoms in total. The number of benzene rings is 4. The summed E-state index contributed by atoms with van der Waals surface area (Å²) in [5.74, 6) is 0. The first-order chi connectivity index (χ1) is 16.8. The van der Waals surface area contributed by atoms with Crippen LogP contribution in [0, 0.1) is 11.3 Å². The van der Waals surface area contributed by atoms with Crippen molar-refractivity contribution in [3.63, 3.8) is 0 Å². The van der Waals surface area contributed by atoms with Gasteiger partial charge in [0.05, 0.1) is 17.2 Å². The molecule has 0 saturated carbocycles. The topological polar surface area (TPSA) is 63.0 Å². The highest BCUT2D eigenvalue weighted by atomic mass is 16.3. The van der Waals surface area contributed by atoms with E-state index in [4.69, 9.17) is 13.8 Å². The molecule has 0 aliphatic heterocycles. The van der Waals surface area contributed by atoms with Crippen LogP contribution in [0.2, 0.25) is 0 Å². The van der Waals surface area contributed by atoms with Gasteiger partial charge in [-0.15, -0.1) is 0 Å². The van der Waals surface area contributed by atoms with Gasteiger partial charge in [-0.3, -0.25) is 0 Å². The van der Waals surface area contributed by atoms with Gasteiger partial charge in [-0.25, -0.2) is 4.98 Å². The van der Waals surface area contributed by atoms with Gasteiger partial charge in [0.15, 0.2) is 11.2 Å². The zero-order valence-corrected chi connectivity index (χ0v) is 17.9. The van der Waals surface area contributed by atoms with Gasteiger partial charge >= 0.3 is 0 Å². The van der Waals surface area contributed by atoms with Gasteiger partial charge in [-0.1, -0.05) is 60.7 Å². The molecule has 0 N–H and O–H groups in total. The number of fused-ring (bicyclic) bond motifs is 6. The maximum absolute atomic E-state index is 9.25. The number of pyridine rings is 1. The highest BCUT2D eigenvalue weighted by Crippen LogP contribution is 2.42. The Bertz CT molecular complexity index is 1830. The number of para-hydroxylation sites is 2. The molecule has 3 aromatic heterocycles. The maximum Gasteiger partial charge on any atom is 0.165 e. The molecule has 0 atom stereocenters. The van der Waals surface area contributed by atoms with Crippen LogP contribution in [0.1, 0.15) is 5.56 Å². The first-order valence-electron chi connectivity index (χ1n) is 11.0. The Labute approximate surface area is 194 Å². The second kappa shape index (κ2) is 7.06. The van der Waals surface area contributed by atoms with Crippen molar-refractivity contribution in [1.29, 1.82) is 5.26 Å². The maximum atomic E-state index is 9.25. The van der Waals surface area contributed by atoms with Crippen LogP contribution >= 0.6 is 0 Å². The van der Waals surface area contributed by atoms with Crippen LogP contribution < -0.4 is 0 Å². The molecule has 0 fully saturated rings. The highest BCUT2D eigenvalue weighted by molar-refractivity contribution is 6.18. The van der Waals surface area contributed by atoms with Crippen molar-refractivity contribution in [2.45, 2.75) is 0 Å². The third-order valence-electron chi connectivity index (χ3n) is 6.31. The lowest BCUT2D eigenvalue weighted by Gasteiger charge is -2.07. The van der Waals surface area contributed by atoms with Gasteiger partial charge in [0.25, 0.3) is 0 Å². The molecule has 158 valence electrons. The summed E-state index contributed by atoms with van der Waals surface area (Å²) in [5.41, 5.74) is 9.25. The van der Waals surface area contributed by atoms with Crippen LogP contribution in [-0.2, 0) is 0 Å². The van der Waals surface area contributed by atoms with E-state index >= 15 is 0 Å². The van der Waals surface area contributed by atoms with Crippen molar-refractivity contribution >= 4 is 44.1 Å². The Morgan fingerprint density at radius 1 is 0.588 bits per heavy atom. The second-order valence-corrected chi connectivity index (χ2v) is 8.31. The number of aromatic nitrogens is 1. The van der Waals surface area contributed by atoms with Gasteiger partial charge in [0.2, 0.25) is 0 Å². The van der Waals surface area contributed by atoms with Crippen molar-refractivity contribution in [1.82, 2.24) is 4.98 Å².